The second-order valence-corrected chi connectivity index (χ2v) is 8.14. The zero-order valence-corrected chi connectivity index (χ0v) is 17.8. The molecular formula is C23H23ClFN3O3. The largest absolute Gasteiger partial charge is 0.381 e. The topological polar surface area (TPSA) is 74.4 Å². The first-order chi connectivity index (χ1) is 14.9. The average Bonchev–Trinajstić information content (AvgIpc) is 3.28. The summed E-state index contributed by atoms with van der Waals surface area (Å²) in [7, 11) is 0. The molecule has 2 heterocycles. The van der Waals surface area contributed by atoms with Gasteiger partial charge in [-0.15, -0.1) is 0 Å². The highest BCUT2D eigenvalue weighted by Gasteiger charge is 2.28. The van der Waals surface area contributed by atoms with E-state index in [4.69, 9.17) is 16.3 Å². The predicted molar refractivity (Wildman–Crippen MR) is 119 cm³/mol. The van der Waals surface area contributed by atoms with Gasteiger partial charge in [-0.25, -0.2) is 9.18 Å². The molecule has 4 rings (SSSR count). The summed E-state index contributed by atoms with van der Waals surface area (Å²) < 4.78 is 19.0. The van der Waals surface area contributed by atoms with Crippen molar-refractivity contribution in [3.8, 4) is 0 Å². The van der Waals surface area contributed by atoms with E-state index in [1.807, 2.05) is 25.1 Å². The number of nitrogens with one attached hydrogen (secondary N) is 2. The number of hydrogen-bond acceptors (Lipinski definition) is 3. The van der Waals surface area contributed by atoms with Gasteiger partial charge in [-0.3, -0.25) is 4.79 Å². The number of aromatic nitrogens is 1. The van der Waals surface area contributed by atoms with E-state index in [0.717, 1.165) is 17.4 Å². The number of benzene rings is 2. The van der Waals surface area contributed by atoms with Gasteiger partial charge in [-0.1, -0.05) is 29.8 Å². The number of halogens is 2. The number of pyridine rings is 1. The Labute approximate surface area is 184 Å². The van der Waals surface area contributed by atoms with E-state index in [-0.39, 0.29) is 28.6 Å². The zero-order chi connectivity index (χ0) is 22.0. The molecule has 0 radical (unpaired) electrons. The molecule has 0 unspecified atom stereocenters. The fourth-order valence-electron chi connectivity index (χ4n) is 3.94. The van der Waals surface area contributed by atoms with E-state index in [1.165, 1.54) is 18.2 Å². The molecule has 1 aliphatic heterocycles. The quantitative estimate of drug-likeness (QED) is 0.585. The van der Waals surface area contributed by atoms with Crippen molar-refractivity contribution in [1.82, 2.24) is 9.88 Å². The number of amides is 2. The molecule has 162 valence electrons. The molecule has 1 aromatic heterocycles. The minimum atomic E-state index is -0.548. The van der Waals surface area contributed by atoms with E-state index in [2.05, 4.69) is 10.3 Å². The summed E-state index contributed by atoms with van der Waals surface area (Å²) >= 11 is 5.86. The van der Waals surface area contributed by atoms with Crippen LogP contribution in [0.3, 0.4) is 0 Å². The molecule has 0 aliphatic carbocycles. The third-order valence-electron chi connectivity index (χ3n) is 5.67. The van der Waals surface area contributed by atoms with Gasteiger partial charge in [0.2, 0.25) is 0 Å². The summed E-state index contributed by atoms with van der Waals surface area (Å²) in [5.41, 5.74) is 1.07. The number of rotatable bonds is 5. The molecule has 8 heteroatoms. The molecule has 0 bridgehead atoms. The molecule has 1 saturated heterocycles. The van der Waals surface area contributed by atoms with E-state index < -0.39 is 5.82 Å². The Morgan fingerprint density at radius 3 is 2.81 bits per heavy atom. The zero-order valence-electron chi connectivity index (χ0n) is 17.0. The van der Waals surface area contributed by atoms with E-state index in [9.17, 15) is 14.0 Å². The lowest BCUT2D eigenvalue weighted by atomic mass is 10.00. The van der Waals surface area contributed by atoms with Gasteiger partial charge in [0.1, 0.15) is 5.82 Å². The summed E-state index contributed by atoms with van der Waals surface area (Å²) in [4.78, 5) is 30.0. The van der Waals surface area contributed by atoms with Crippen LogP contribution in [0, 0.1) is 11.7 Å². The van der Waals surface area contributed by atoms with Crippen LogP contribution in [0.2, 0.25) is 5.02 Å². The normalized spacial score (nSPS) is 16.9. The molecule has 0 saturated carbocycles. The van der Waals surface area contributed by atoms with Gasteiger partial charge in [0.05, 0.1) is 17.7 Å². The molecule has 3 aromatic rings. The van der Waals surface area contributed by atoms with Gasteiger partial charge in [-0.2, -0.15) is 0 Å². The lowest BCUT2D eigenvalue weighted by molar-refractivity contribution is 0.157. The van der Waals surface area contributed by atoms with Crippen molar-refractivity contribution in [3.63, 3.8) is 0 Å². The third-order valence-corrected chi connectivity index (χ3v) is 5.96. The fourth-order valence-corrected chi connectivity index (χ4v) is 4.12. The van der Waals surface area contributed by atoms with Gasteiger partial charge >= 0.3 is 6.03 Å². The Kier molecular flexibility index (Phi) is 6.25. The van der Waals surface area contributed by atoms with Crippen molar-refractivity contribution in [1.29, 1.82) is 0 Å². The summed E-state index contributed by atoms with van der Waals surface area (Å²) in [5.74, 6) is -0.341. The summed E-state index contributed by atoms with van der Waals surface area (Å²) in [6, 6.07) is 10.7. The molecule has 2 atom stereocenters. The number of nitrogens with zero attached hydrogens (tertiary/aromatic N) is 1. The molecule has 6 nitrogen and oxygen atoms in total. The Morgan fingerprint density at radius 1 is 1.32 bits per heavy atom. The minimum Gasteiger partial charge on any atom is -0.381 e. The number of carbonyl (C=O) groups excluding carboxylic acids is 1. The number of aromatic amines is 1. The Balaban J connectivity index is 1.67. The van der Waals surface area contributed by atoms with Crippen molar-refractivity contribution < 1.29 is 13.9 Å². The maximum Gasteiger partial charge on any atom is 0.322 e. The molecule has 2 aromatic carbocycles. The third kappa shape index (κ3) is 4.57. The molecule has 1 aliphatic rings. The predicted octanol–water partition coefficient (Wildman–Crippen LogP) is 4.95. The van der Waals surface area contributed by atoms with Crippen molar-refractivity contribution >= 4 is 34.1 Å². The van der Waals surface area contributed by atoms with Crippen molar-refractivity contribution in [3.05, 3.63) is 75.4 Å². The molecule has 2 amide bonds. The number of anilines is 1. The SMILES string of the molecule is C[C@@H](c1c[nH]c(=O)c2ccccc12)N(C[C@H]1CCOC1)C(=O)Nc1ccc(F)c(Cl)c1. The van der Waals surface area contributed by atoms with Crippen molar-refractivity contribution in [2.24, 2.45) is 5.92 Å². The number of hydrogen-bond donors (Lipinski definition) is 2. The molecule has 31 heavy (non-hydrogen) atoms. The average molecular weight is 444 g/mol. The maximum absolute atomic E-state index is 13.5. The van der Waals surface area contributed by atoms with E-state index in [0.29, 0.717) is 30.8 Å². The molecule has 1 fully saturated rings. The van der Waals surface area contributed by atoms with E-state index in [1.54, 1.807) is 17.2 Å². The van der Waals surface area contributed by atoms with Crippen molar-refractivity contribution in [2.45, 2.75) is 19.4 Å². The summed E-state index contributed by atoms with van der Waals surface area (Å²) in [6.45, 7) is 3.66. The highest BCUT2D eigenvalue weighted by atomic mass is 35.5. The number of ether oxygens (including phenoxy) is 1. The van der Waals surface area contributed by atoms with Crippen LogP contribution in [0.25, 0.3) is 10.8 Å². The van der Waals surface area contributed by atoms with Gasteiger partial charge < -0.3 is 19.9 Å². The van der Waals surface area contributed by atoms with E-state index >= 15 is 0 Å². The van der Waals surface area contributed by atoms with Crippen LogP contribution < -0.4 is 10.9 Å². The van der Waals surface area contributed by atoms with Crippen LogP contribution in [0.4, 0.5) is 14.9 Å². The van der Waals surface area contributed by atoms with Gasteiger partial charge in [-0.05, 0) is 48.6 Å². The first-order valence-corrected chi connectivity index (χ1v) is 10.5. The summed E-state index contributed by atoms with van der Waals surface area (Å²) in [6.07, 6.45) is 2.53. The van der Waals surface area contributed by atoms with Crippen LogP contribution >= 0.6 is 11.6 Å². The van der Waals surface area contributed by atoms with Gasteiger partial charge in [0, 0.05) is 36.3 Å². The second-order valence-electron chi connectivity index (χ2n) is 7.74. The molecule has 0 spiro atoms. The lowest BCUT2D eigenvalue weighted by Crippen LogP contribution is -2.40. The van der Waals surface area contributed by atoms with Crippen LogP contribution in [-0.2, 0) is 4.74 Å². The smallest absolute Gasteiger partial charge is 0.322 e. The molecular weight excluding hydrogens is 421 g/mol. The summed E-state index contributed by atoms with van der Waals surface area (Å²) in [5, 5.41) is 4.12. The van der Waals surface area contributed by atoms with Crippen LogP contribution in [0.1, 0.15) is 24.9 Å². The van der Waals surface area contributed by atoms with Gasteiger partial charge in [0.15, 0.2) is 0 Å². The van der Waals surface area contributed by atoms with Crippen molar-refractivity contribution in [2.75, 3.05) is 25.1 Å². The lowest BCUT2D eigenvalue weighted by Gasteiger charge is -2.32. The Hall–Kier alpha value is -2.90. The number of H-pyrrole nitrogens is 1. The highest BCUT2D eigenvalue weighted by molar-refractivity contribution is 6.31. The van der Waals surface area contributed by atoms with Crippen LogP contribution in [0.5, 0.6) is 0 Å². The standard InChI is InChI=1S/C23H23ClFN3O3/c1-14(19-11-26-22(29)18-5-3-2-4-17(18)19)28(12-15-8-9-31-13-15)23(30)27-16-6-7-21(25)20(24)10-16/h2-7,10-11,14-15H,8-9,12-13H2,1H3,(H,26,29)(H,27,30)/t14-,15+/m0/s1. The highest BCUT2D eigenvalue weighted by Crippen LogP contribution is 2.29. The fraction of sp³-hybridized carbons (Fsp3) is 0.304. The first-order valence-electron chi connectivity index (χ1n) is 10.1. The second kappa shape index (κ2) is 9.08. The Morgan fingerprint density at radius 2 is 2.10 bits per heavy atom. The monoisotopic (exact) mass is 443 g/mol. The Bertz CT molecular complexity index is 1160. The van der Waals surface area contributed by atoms with Crippen LogP contribution in [0.15, 0.2) is 53.5 Å². The number of carbonyl (C=O) groups is 1. The van der Waals surface area contributed by atoms with Crippen LogP contribution in [-0.4, -0.2) is 35.7 Å². The molecule has 2 N–H and O–H groups in total. The number of fused-ring (bicyclic) bond motifs is 1. The minimum absolute atomic E-state index is 0.0618. The first kappa shape index (κ1) is 21.3. The number of urea groups is 1. The van der Waals surface area contributed by atoms with Gasteiger partial charge in [0.25, 0.3) is 5.56 Å². The maximum atomic E-state index is 13.5.